The van der Waals surface area contributed by atoms with Gasteiger partial charge in [-0.3, -0.25) is 0 Å². The van der Waals surface area contributed by atoms with Crippen LogP contribution in [0.2, 0.25) is 5.02 Å². The molecule has 0 bridgehead atoms. The van der Waals surface area contributed by atoms with Gasteiger partial charge in [0.05, 0.1) is 0 Å². The summed E-state index contributed by atoms with van der Waals surface area (Å²) in [5.41, 5.74) is 2.83. The van der Waals surface area contributed by atoms with Crippen LogP contribution in [0.1, 0.15) is 0 Å². The summed E-state index contributed by atoms with van der Waals surface area (Å²) in [4.78, 5) is 8.72. The zero-order valence-electron chi connectivity index (χ0n) is 12.3. The molecule has 4 aromatic rings. The first kappa shape index (κ1) is 15.3. The van der Waals surface area contributed by atoms with Gasteiger partial charge in [-0.1, -0.05) is 0 Å². The first-order valence-electron chi connectivity index (χ1n) is 7.23. The number of rotatable bonds is 3. The molecule has 6 heteroatoms. The van der Waals surface area contributed by atoms with Gasteiger partial charge in [-0.2, -0.15) is 0 Å². The molecule has 0 atom stereocenters. The Morgan fingerprint density at radius 2 is 1.83 bits per heavy atom. The maximum atomic E-state index is 13.3. The zero-order valence-corrected chi connectivity index (χ0v) is 14.8. The van der Waals surface area contributed by atoms with Crippen molar-refractivity contribution in [2.45, 2.75) is 0 Å². The summed E-state index contributed by atoms with van der Waals surface area (Å²) in [5.74, 6) is 0.303. The Balaban J connectivity index is 1.76. The van der Waals surface area contributed by atoms with Crippen molar-refractivity contribution in [3.8, 4) is 10.0 Å². The van der Waals surface area contributed by atoms with E-state index >= 15 is 0 Å². The number of aromatic nitrogens is 2. The summed E-state index contributed by atoms with van der Waals surface area (Å²) >= 11 is 5.95. The van der Waals surface area contributed by atoms with Crippen molar-refractivity contribution >= 4 is 47.4 Å². The summed E-state index contributed by atoms with van der Waals surface area (Å²) in [6.07, 6.45) is 1.53. The molecule has 0 aliphatic heterocycles. The molecule has 1 N–H and O–H groups in total. The predicted octanol–water partition coefficient (Wildman–Crippen LogP) is 4.89. The number of benzene rings is 2. The molecule has 0 saturated heterocycles. The average Bonchev–Trinajstić information content (AvgIpc) is 3.04. The number of fused-ring (bicyclic) bond motifs is 1. The average molecular weight is 403 g/mol. The monoisotopic (exact) mass is 403 g/mol. The van der Waals surface area contributed by atoms with Crippen LogP contribution in [0, 0.1) is 5.82 Å². The fourth-order valence-electron chi connectivity index (χ4n) is 2.40. The van der Waals surface area contributed by atoms with Gasteiger partial charge < -0.3 is 0 Å². The first-order valence-corrected chi connectivity index (χ1v) is 9.32. The van der Waals surface area contributed by atoms with E-state index in [9.17, 15) is 4.39 Å². The Morgan fingerprint density at radius 3 is 2.62 bits per heavy atom. The molecule has 2 aromatic carbocycles. The van der Waals surface area contributed by atoms with Gasteiger partial charge in [0, 0.05) is 0 Å². The minimum atomic E-state index is -0.438. The Morgan fingerprint density at radius 1 is 1.00 bits per heavy atom. The van der Waals surface area contributed by atoms with E-state index in [0.717, 1.165) is 15.6 Å². The second-order valence-electron chi connectivity index (χ2n) is 5.17. The normalized spacial score (nSPS) is 10.9. The summed E-state index contributed by atoms with van der Waals surface area (Å²) < 4.78 is 15.7. The number of halogens is 2. The van der Waals surface area contributed by atoms with Crippen LogP contribution in [0.25, 0.3) is 19.8 Å². The van der Waals surface area contributed by atoms with Crippen molar-refractivity contribution in [3.63, 3.8) is 0 Å². The Hall–Kier alpha value is -2.20. The third-order valence-corrected chi connectivity index (χ3v) is 6.32. The molecule has 0 amide bonds. The van der Waals surface area contributed by atoms with E-state index < -0.39 is 5.82 Å². The number of hydrogen-bond donors (Lipinski definition) is 1. The predicted molar refractivity (Wildman–Crippen MR) is 96.6 cm³/mol. The van der Waals surface area contributed by atoms with Gasteiger partial charge in [0.2, 0.25) is 0 Å². The van der Waals surface area contributed by atoms with Crippen molar-refractivity contribution < 1.29 is 4.39 Å². The second-order valence-corrected chi connectivity index (χ2v) is 7.78. The quantitative estimate of drug-likeness (QED) is 0.496. The van der Waals surface area contributed by atoms with Crippen molar-refractivity contribution in [2.75, 3.05) is 5.32 Å². The zero-order chi connectivity index (χ0) is 16.5. The summed E-state index contributed by atoms with van der Waals surface area (Å²) in [6.45, 7) is 0. The molecule has 0 radical (unpaired) electrons. The van der Waals surface area contributed by atoms with Crippen molar-refractivity contribution in [1.29, 1.82) is 0 Å². The Labute approximate surface area is 148 Å². The molecule has 118 valence electrons. The van der Waals surface area contributed by atoms with Crippen LogP contribution < -0.4 is 5.32 Å². The molecular formula is C18H11ClFN3Se. The molecule has 0 unspecified atom stereocenters. The summed E-state index contributed by atoms with van der Waals surface area (Å²) in [5, 5.41) is 3.31. The van der Waals surface area contributed by atoms with Crippen LogP contribution in [0.5, 0.6) is 0 Å². The molecule has 2 heterocycles. The van der Waals surface area contributed by atoms with Crippen molar-refractivity contribution in [2.24, 2.45) is 0 Å². The Bertz CT molecular complexity index is 1020. The topological polar surface area (TPSA) is 37.8 Å². The van der Waals surface area contributed by atoms with Crippen LogP contribution in [0.3, 0.4) is 0 Å². The Kier molecular flexibility index (Phi) is 4.07. The molecule has 0 spiro atoms. The maximum absolute atomic E-state index is 13.3. The van der Waals surface area contributed by atoms with Gasteiger partial charge in [0.15, 0.2) is 0 Å². The number of hydrogen-bond acceptors (Lipinski definition) is 3. The van der Waals surface area contributed by atoms with E-state index in [1.54, 1.807) is 12.1 Å². The third kappa shape index (κ3) is 2.94. The second kappa shape index (κ2) is 6.36. The molecule has 0 aliphatic carbocycles. The van der Waals surface area contributed by atoms with Gasteiger partial charge in [-0.05, 0) is 0 Å². The first-order chi connectivity index (χ1) is 11.7. The van der Waals surface area contributed by atoms with E-state index in [1.165, 1.54) is 22.4 Å². The SMILES string of the molecule is Fc1ccc(Nc2ncnc3cc(-c4ccccc4)[se]c23)cc1Cl. The van der Waals surface area contributed by atoms with Crippen LogP contribution in [-0.2, 0) is 0 Å². The van der Waals surface area contributed by atoms with Crippen LogP contribution >= 0.6 is 11.6 Å². The fourth-order valence-corrected chi connectivity index (χ4v) is 4.81. The third-order valence-electron chi connectivity index (χ3n) is 3.55. The molecule has 2 aromatic heterocycles. The molecule has 3 nitrogen and oxygen atoms in total. The van der Waals surface area contributed by atoms with E-state index in [2.05, 4.69) is 33.5 Å². The van der Waals surface area contributed by atoms with E-state index in [-0.39, 0.29) is 19.5 Å². The van der Waals surface area contributed by atoms with Crippen molar-refractivity contribution in [1.82, 2.24) is 9.97 Å². The van der Waals surface area contributed by atoms with Crippen LogP contribution in [0.4, 0.5) is 15.9 Å². The molecule has 0 aliphatic rings. The van der Waals surface area contributed by atoms with Gasteiger partial charge in [-0.15, -0.1) is 0 Å². The fraction of sp³-hybridized carbons (Fsp3) is 0. The van der Waals surface area contributed by atoms with Gasteiger partial charge in [-0.25, -0.2) is 0 Å². The standard InChI is InChI=1S/C18H11ClFN3Se/c19-13-8-12(6-7-14(13)20)23-18-17-15(21-10-22-18)9-16(24-17)11-4-2-1-3-5-11/h1-10H,(H,21,22,23). The van der Waals surface area contributed by atoms with E-state index in [4.69, 9.17) is 11.6 Å². The molecule has 24 heavy (non-hydrogen) atoms. The number of anilines is 2. The van der Waals surface area contributed by atoms with E-state index in [1.807, 2.05) is 18.2 Å². The number of nitrogens with one attached hydrogen (secondary N) is 1. The summed E-state index contributed by atoms with van der Waals surface area (Å²) in [6, 6.07) is 16.9. The summed E-state index contributed by atoms with van der Waals surface area (Å²) in [7, 11) is 0. The van der Waals surface area contributed by atoms with E-state index in [0.29, 0.717) is 5.69 Å². The molecule has 0 fully saturated rings. The molecular weight excluding hydrogens is 392 g/mol. The molecule has 4 rings (SSSR count). The van der Waals surface area contributed by atoms with Crippen LogP contribution in [-0.4, -0.2) is 24.5 Å². The number of nitrogens with zero attached hydrogens (tertiary/aromatic N) is 2. The van der Waals surface area contributed by atoms with Gasteiger partial charge in [0.1, 0.15) is 0 Å². The van der Waals surface area contributed by atoms with Gasteiger partial charge in [0.25, 0.3) is 0 Å². The van der Waals surface area contributed by atoms with Gasteiger partial charge >= 0.3 is 149 Å². The van der Waals surface area contributed by atoms with Crippen LogP contribution in [0.15, 0.2) is 60.9 Å². The molecule has 0 saturated carbocycles. The van der Waals surface area contributed by atoms with Crippen molar-refractivity contribution in [3.05, 3.63) is 71.8 Å². The minimum absolute atomic E-state index is 0.0827.